The van der Waals surface area contributed by atoms with Crippen LogP contribution in [0.3, 0.4) is 0 Å². The fourth-order valence-corrected chi connectivity index (χ4v) is 4.61. The maximum atomic E-state index is 5.75. The van der Waals surface area contributed by atoms with Crippen LogP contribution in [-0.4, -0.2) is 61.2 Å². The van der Waals surface area contributed by atoms with Crippen LogP contribution in [0.4, 0.5) is 5.69 Å². The van der Waals surface area contributed by atoms with Crippen molar-refractivity contribution >= 4 is 35.6 Å². The van der Waals surface area contributed by atoms with Crippen LogP contribution in [0.15, 0.2) is 39.7 Å². The van der Waals surface area contributed by atoms with Crippen molar-refractivity contribution in [2.75, 3.05) is 44.2 Å². The predicted octanol–water partition coefficient (Wildman–Crippen LogP) is 3.96. The second kappa shape index (κ2) is 12.6. The lowest BCUT2D eigenvalue weighted by molar-refractivity contribution is 0.166. The molecule has 3 heterocycles. The molecule has 0 aliphatic carbocycles. The number of hydrogen-bond donors (Lipinski definition) is 2. The number of guanidine groups is 1. The highest BCUT2D eigenvalue weighted by Gasteiger charge is 2.24. The third-order valence-electron chi connectivity index (χ3n) is 6.64. The molecule has 1 unspecified atom stereocenters. The summed E-state index contributed by atoms with van der Waals surface area (Å²) in [6.45, 7) is 13.0. The van der Waals surface area contributed by atoms with Crippen molar-refractivity contribution in [2.45, 2.75) is 52.6 Å². The highest BCUT2D eigenvalue weighted by Crippen LogP contribution is 2.21. The Morgan fingerprint density at radius 1 is 1.12 bits per heavy atom. The topological polar surface area (TPSA) is 68.9 Å². The fraction of sp³-hybridized carbons (Fsp3) is 0.600. The second-order valence-corrected chi connectivity index (χ2v) is 9.10. The van der Waals surface area contributed by atoms with E-state index in [4.69, 9.17) is 9.41 Å². The number of likely N-dealkylation sites (tertiary alicyclic amines) is 1. The van der Waals surface area contributed by atoms with Crippen LogP contribution >= 0.6 is 24.0 Å². The Morgan fingerprint density at radius 3 is 2.55 bits per heavy atom. The van der Waals surface area contributed by atoms with E-state index >= 15 is 0 Å². The molecule has 1 atom stereocenters. The standard InChI is InChI=1S/C25H38N6O.HI/c1-4-26-25(29-22-12-15-31(17-22)23-8-6-5-7-9-23)27-16-21-10-13-30(14-11-21)18-24-28-19(2)20(3)32-24;/h5-9,21-22H,4,10-18H2,1-3H3,(H2,26,27,29);1H. The Hall–Kier alpha value is -1.81. The highest BCUT2D eigenvalue weighted by atomic mass is 127. The fourth-order valence-electron chi connectivity index (χ4n) is 4.61. The zero-order valence-corrected chi connectivity index (χ0v) is 22.5. The molecule has 1 aromatic carbocycles. The van der Waals surface area contributed by atoms with Gasteiger partial charge in [0.25, 0.3) is 0 Å². The second-order valence-electron chi connectivity index (χ2n) is 9.10. The first-order chi connectivity index (χ1) is 15.6. The van der Waals surface area contributed by atoms with Gasteiger partial charge >= 0.3 is 0 Å². The largest absolute Gasteiger partial charge is 0.444 e. The van der Waals surface area contributed by atoms with E-state index in [-0.39, 0.29) is 24.0 Å². The van der Waals surface area contributed by atoms with Crippen molar-refractivity contribution in [3.63, 3.8) is 0 Å². The molecule has 0 spiro atoms. The van der Waals surface area contributed by atoms with Crippen molar-refractivity contribution in [2.24, 2.45) is 10.9 Å². The molecule has 2 aliphatic heterocycles. The number of para-hydroxylation sites is 1. The van der Waals surface area contributed by atoms with Gasteiger partial charge in [0, 0.05) is 37.9 Å². The van der Waals surface area contributed by atoms with Crippen LogP contribution in [0.1, 0.15) is 43.5 Å². The first-order valence-corrected chi connectivity index (χ1v) is 12.1. The van der Waals surface area contributed by atoms with E-state index < -0.39 is 0 Å². The number of aryl methyl sites for hydroxylation is 2. The molecule has 4 rings (SSSR count). The minimum atomic E-state index is 0. The van der Waals surface area contributed by atoms with Crippen molar-refractivity contribution in [1.29, 1.82) is 0 Å². The smallest absolute Gasteiger partial charge is 0.208 e. The normalized spacial score (nSPS) is 20.0. The van der Waals surface area contributed by atoms with Crippen LogP contribution in [0, 0.1) is 19.8 Å². The summed E-state index contributed by atoms with van der Waals surface area (Å²) in [5, 5.41) is 7.11. The van der Waals surface area contributed by atoms with Gasteiger partial charge in [-0.3, -0.25) is 9.89 Å². The molecule has 2 fully saturated rings. The van der Waals surface area contributed by atoms with Crippen LogP contribution < -0.4 is 15.5 Å². The molecule has 0 bridgehead atoms. The SMILES string of the molecule is CCNC(=NCC1CCN(Cc2nc(C)c(C)o2)CC1)NC1CCN(c2ccccc2)C1.I. The number of oxazole rings is 1. The van der Waals surface area contributed by atoms with E-state index in [9.17, 15) is 0 Å². The summed E-state index contributed by atoms with van der Waals surface area (Å²) in [7, 11) is 0. The monoisotopic (exact) mass is 566 g/mol. The van der Waals surface area contributed by atoms with Crippen LogP contribution in [0.25, 0.3) is 0 Å². The van der Waals surface area contributed by atoms with Crippen molar-refractivity contribution in [1.82, 2.24) is 20.5 Å². The predicted molar refractivity (Wildman–Crippen MR) is 146 cm³/mol. The van der Waals surface area contributed by atoms with Gasteiger partial charge in [0.05, 0.1) is 12.2 Å². The highest BCUT2D eigenvalue weighted by molar-refractivity contribution is 14.0. The summed E-state index contributed by atoms with van der Waals surface area (Å²) in [6.07, 6.45) is 3.48. The molecule has 182 valence electrons. The summed E-state index contributed by atoms with van der Waals surface area (Å²) in [5.74, 6) is 3.37. The van der Waals surface area contributed by atoms with Crippen LogP contribution in [-0.2, 0) is 6.54 Å². The Bertz CT molecular complexity index is 859. The van der Waals surface area contributed by atoms with Gasteiger partial charge < -0.3 is 20.0 Å². The van der Waals surface area contributed by atoms with Crippen LogP contribution in [0.5, 0.6) is 0 Å². The molecule has 7 nitrogen and oxygen atoms in total. The number of anilines is 1. The lowest BCUT2D eigenvalue weighted by Gasteiger charge is -2.30. The van der Waals surface area contributed by atoms with E-state index in [1.165, 1.54) is 18.5 Å². The van der Waals surface area contributed by atoms with Crippen molar-refractivity contribution < 1.29 is 4.42 Å². The quantitative estimate of drug-likeness (QED) is 0.301. The summed E-state index contributed by atoms with van der Waals surface area (Å²) in [5.41, 5.74) is 2.31. The Labute approximate surface area is 215 Å². The van der Waals surface area contributed by atoms with Gasteiger partial charge in [-0.1, -0.05) is 18.2 Å². The third-order valence-corrected chi connectivity index (χ3v) is 6.64. The van der Waals surface area contributed by atoms with E-state index in [1.807, 2.05) is 13.8 Å². The number of piperidine rings is 1. The number of hydrogen-bond acceptors (Lipinski definition) is 5. The van der Waals surface area contributed by atoms with E-state index in [0.717, 1.165) is 75.5 Å². The molecule has 1 aromatic heterocycles. The number of nitrogens with one attached hydrogen (secondary N) is 2. The molecule has 2 aromatic rings. The van der Waals surface area contributed by atoms with Crippen molar-refractivity contribution in [3.8, 4) is 0 Å². The third kappa shape index (κ3) is 7.34. The van der Waals surface area contributed by atoms with Gasteiger partial charge in [-0.05, 0) is 71.2 Å². The maximum absolute atomic E-state index is 5.75. The molecule has 8 heteroatoms. The molecular weight excluding hydrogens is 527 g/mol. The number of aromatic nitrogens is 1. The Balaban J connectivity index is 0.00000306. The molecule has 2 N–H and O–H groups in total. The number of nitrogens with zero attached hydrogens (tertiary/aromatic N) is 4. The van der Waals surface area contributed by atoms with Gasteiger partial charge in [0.1, 0.15) is 5.76 Å². The molecule has 0 saturated carbocycles. The summed E-state index contributed by atoms with van der Waals surface area (Å²) in [6, 6.07) is 11.1. The summed E-state index contributed by atoms with van der Waals surface area (Å²) in [4.78, 5) is 14.4. The van der Waals surface area contributed by atoms with Gasteiger partial charge in [-0.15, -0.1) is 24.0 Å². The average Bonchev–Trinajstić information content (AvgIpc) is 3.40. The number of aliphatic imine (C=N–C) groups is 1. The average molecular weight is 567 g/mol. The molecule has 33 heavy (non-hydrogen) atoms. The Kier molecular flexibility index (Phi) is 9.85. The maximum Gasteiger partial charge on any atom is 0.208 e. The number of halogens is 1. The minimum Gasteiger partial charge on any atom is -0.444 e. The molecule has 2 aliphatic rings. The van der Waals surface area contributed by atoms with Gasteiger partial charge in [-0.2, -0.15) is 0 Å². The van der Waals surface area contributed by atoms with Crippen LogP contribution in [0.2, 0.25) is 0 Å². The minimum absolute atomic E-state index is 0. The number of benzene rings is 1. The van der Waals surface area contributed by atoms with Gasteiger partial charge in [-0.25, -0.2) is 4.98 Å². The van der Waals surface area contributed by atoms with E-state index in [1.54, 1.807) is 0 Å². The zero-order valence-electron chi connectivity index (χ0n) is 20.2. The lowest BCUT2D eigenvalue weighted by atomic mass is 9.97. The first kappa shape index (κ1) is 25.8. The van der Waals surface area contributed by atoms with Crippen molar-refractivity contribution in [3.05, 3.63) is 47.7 Å². The molecule has 2 saturated heterocycles. The Morgan fingerprint density at radius 2 is 1.88 bits per heavy atom. The van der Waals surface area contributed by atoms with Gasteiger partial charge in [0.2, 0.25) is 5.89 Å². The van der Waals surface area contributed by atoms with E-state index in [2.05, 4.69) is 62.7 Å². The molecule has 0 radical (unpaired) electrons. The summed E-state index contributed by atoms with van der Waals surface area (Å²) < 4.78 is 5.75. The van der Waals surface area contributed by atoms with Gasteiger partial charge in [0.15, 0.2) is 5.96 Å². The summed E-state index contributed by atoms with van der Waals surface area (Å²) >= 11 is 0. The van der Waals surface area contributed by atoms with E-state index in [0.29, 0.717) is 12.0 Å². The molecular formula is C25H39IN6O. The molecule has 0 amide bonds. The number of rotatable bonds is 7. The first-order valence-electron chi connectivity index (χ1n) is 12.1. The zero-order chi connectivity index (χ0) is 22.3. The lowest BCUT2D eigenvalue weighted by Crippen LogP contribution is -2.45.